The number of anilines is 2. The Bertz CT molecular complexity index is 1430. The molecule has 1 aliphatic heterocycles. The number of alkyl halides is 3. The van der Waals surface area contributed by atoms with E-state index in [9.17, 15) is 27.5 Å². The number of aliphatic hydroxyl groups excluding tert-OH is 1. The monoisotopic (exact) mass is 607 g/mol. The smallest absolute Gasteiger partial charge is 0.390 e. The van der Waals surface area contributed by atoms with Gasteiger partial charge in [0.05, 0.1) is 45.5 Å². The number of fused-ring (bicyclic) bond motifs is 1. The highest BCUT2D eigenvalue weighted by atomic mass is 19.4. The molecular formula is C28H33F4N7O4. The number of benzene rings is 2. The number of rotatable bonds is 14. The number of hydrogen-bond donors (Lipinski definition) is 4. The van der Waals surface area contributed by atoms with Crippen LogP contribution < -0.4 is 25.4 Å². The standard InChI is InChI=1S/C28H33F4N7O4/c1-42-23-15-21-22(16-24(23)43-11-3-7-38(9-10-40)8-6-28(30,31)32)34-17-39(20-5-2-4-18(29)12-20)27(21)35-26-14-19(36-37-26)13-25(33)41/h2,4-5,12,14-16,34,40H,3,6-11,13,17H2,1H3,(H2,33,41)(H,36,37). The van der Waals surface area contributed by atoms with Crippen molar-refractivity contribution in [3.8, 4) is 11.5 Å². The predicted molar refractivity (Wildman–Crippen MR) is 152 cm³/mol. The Kier molecular flexibility index (Phi) is 10.4. The zero-order chi connectivity index (χ0) is 31.0. The van der Waals surface area contributed by atoms with Crippen LogP contribution in [0.25, 0.3) is 0 Å². The van der Waals surface area contributed by atoms with Crippen molar-refractivity contribution in [2.75, 3.05) is 56.8 Å². The van der Waals surface area contributed by atoms with Crippen molar-refractivity contribution in [3.05, 3.63) is 59.5 Å². The molecule has 1 aromatic heterocycles. The number of carbonyl (C=O) groups is 1. The van der Waals surface area contributed by atoms with Crippen LogP contribution >= 0.6 is 0 Å². The van der Waals surface area contributed by atoms with Crippen molar-refractivity contribution >= 4 is 28.9 Å². The van der Waals surface area contributed by atoms with Gasteiger partial charge < -0.3 is 35.4 Å². The van der Waals surface area contributed by atoms with Crippen LogP contribution in [0.1, 0.15) is 24.1 Å². The lowest BCUT2D eigenvalue weighted by Gasteiger charge is -2.33. The molecule has 0 atom stereocenters. The highest BCUT2D eigenvalue weighted by Crippen LogP contribution is 2.38. The first-order chi connectivity index (χ1) is 20.6. The van der Waals surface area contributed by atoms with Gasteiger partial charge in [0.2, 0.25) is 5.91 Å². The van der Waals surface area contributed by atoms with E-state index in [2.05, 4.69) is 15.5 Å². The lowest BCUT2D eigenvalue weighted by Crippen LogP contribution is -2.40. The van der Waals surface area contributed by atoms with Crippen LogP contribution in [0.2, 0.25) is 0 Å². The van der Waals surface area contributed by atoms with Crippen molar-refractivity contribution < 1.29 is 36.9 Å². The summed E-state index contributed by atoms with van der Waals surface area (Å²) in [4.78, 5) is 19.3. The largest absolute Gasteiger partial charge is 0.493 e. The van der Waals surface area contributed by atoms with E-state index in [1.807, 2.05) is 0 Å². The summed E-state index contributed by atoms with van der Waals surface area (Å²) in [6.45, 7) is 0.393. The van der Waals surface area contributed by atoms with Gasteiger partial charge in [-0.05, 0) is 30.7 Å². The molecule has 0 radical (unpaired) electrons. The minimum absolute atomic E-state index is 0.0434. The van der Waals surface area contributed by atoms with Gasteiger partial charge in [-0.15, -0.1) is 0 Å². The summed E-state index contributed by atoms with van der Waals surface area (Å²) >= 11 is 0. The third-order valence-corrected chi connectivity index (χ3v) is 6.55. The number of nitrogens with one attached hydrogen (secondary N) is 2. The summed E-state index contributed by atoms with van der Waals surface area (Å²) in [5, 5.41) is 19.4. The molecular weight excluding hydrogens is 574 g/mol. The van der Waals surface area contributed by atoms with Crippen LogP contribution in [0.5, 0.6) is 11.5 Å². The lowest BCUT2D eigenvalue weighted by atomic mass is 10.1. The van der Waals surface area contributed by atoms with Gasteiger partial charge in [-0.3, -0.25) is 9.89 Å². The minimum Gasteiger partial charge on any atom is -0.493 e. The molecule has 2 heterocycles. The first-order valence-electron chi connectivity index (χ1n) is 13.5. The molecule has 0 fully saturated rings. The average Bonchev–Trinajstić information content (AvgIpc) is 3.39. The number of halogens is 4. The van der Waals surface area contributed by atoms with Crippen LogP contribution in [0.4, 0.5) is 34.8 Å². The molecule has 0 bridgehead atoms. The number of aliphatic hydroxyl groups is 1. The fourth-order valence-electron chi connectivity index (χ4n) is 4.55. The number of amides is 1. The first-order valence-corrected chi connectivity index (χ1v) is 13.5. The molecule has 0 spiro atoms. The van der Waals surface area contributed by atoms with Gasteiger partial charge in [0.25, 0.3) is 0 Å². The number of methoxy groups -OCH3 is 1. The number of aromatic amines is 1. The predicted octanol–water partition coefficient (Wildman–Crippen LogP) is 3.57. The van der Waals surface area contributed by atoms with Crippen LogP contribution in [0.3, 0.4) is 0 Å². The average molecular weight is 608 g/mol. The molecule has 0 saturated heterocycles. The molecule has 11 nitrogen and oxygen atoms in total. The number of ether oxygens (including phenoxy) is 2. The molecule has 0 aliphatic carbocycles. The van der Waals surface area contributed by atoms with E-state index >= 15 is 0 Å². The van der Waals surface area contributed by atoms with Gasteiger partial charge in [-0.25, -0.2) is 9.38 Å². The number of carbonyl (C=O) groups excluding carboxylic acids is 1. The number of aromatic nitrogens is 2. The van der Waals surface area contributed by atoms with Crippen molar-refractivity contribution in [1.29, 1.82) is 0 Å². The van der Waals surface area contributed by atoms with Gasteiger partial charge in [-0.1, -0.05) is 6.07 Å². The van der Waals surface area contributed by atoms with Crippen molar-refractivity contribution in [1.82, 2.24) is 15.1 Å². The number of primary amides is 1. The number of aliphatic imine (C=N–C) groups is 1. The summed E-state index contributed by atoms with van der Waals surface area (Å²) in [5.74, 6) is 0.512. The molecule has 0 unspecified atom stereocenters. The number of nitrogens with two attached hydrogens (primary N) is 1. The molecule has 4 rings (SSSR count). The van der Waals surface area contributed by atoms with E-state index in [1.54, 1.807) is 35.2 Å². The molecule has 1 aliphatic rings. The topological polar surface area (TPSA) is 141 Å². The van der Waals surface area contributed by atoms with E-state index in [0.717, 1.165) is 0 Å². The van der Waals surface area contributed by atoms with Crippen LogP contribution in [-0.4, -0.2) is 84.7 Å². The molecule has 15 heteroatoms. The Labute approximate surface area is 245 Å². The van der Waals surface area contributed by atoms with E-state index in [4.69, 9.17) is 20.2 Å². The van der Waals surface area contributed by atoms with Gasteiger partial charge in [-0.2, -0.15) is 18.3 Å². The zero-order valence-electron chi connectivity index (χ0n) is 23.5. The molecule has 43 heavy (non-hydrogen) atoms. The second-order valence-electron chi connectivity index (χ2n) is 9.75. The summed E-state index contributed by atoms with van der Waals surface area (Å²) < 4.78 is 63.6. The number of nitrogens with zero attached hydrogens (tertiary/aromatic N) is 4. The zero-order valence-corrected chi connectivity index (χ0v) is 23.5. The van der Waals surface area contributed by atoms with Crippen molar-refractivity contribution in [3.63, 3.8) is 0 Å². The van der Waals surface area contributed by atoms with E-state index < -0.39 is 24.3 Å². The first kappa shape index (κ1) is 31.6. The fourth-order valence-corrected chi connectivity index (χ4v) is 4.55. The van der Waals surface area contributed by atoms with E-state index in [1.165, 1.54) is 24.1 Å². The summed E-state index contributed by atoms with van der Waals surface area (Å²) in [6.07, 6.45) is -4.86. The number of H-pyrrole nitrogens is 1. The van der Waals surface area contributed by atoms with Crippen LogP contribution in [-0.2, 0) is 11.2 Å². The third kappa shape index (κ3) is 8.81. The van der Waals surface area contributed by atoms with Crippen LogP contribution in [0.15, 0.2) is 47.5 Å². The Hall–Kier alpha value is -4.37. The number of amidine groups is 1. The Morgan fingerprint density at radius 3 is 2.70 bits per heavy atom. The van der Waals surface area contributed by atoms with Crippen molar-refractivity contribution in [2.24, 2.45) is 10.7 Å². The Morgan fingerprint density at radius 2 is 2.00 bits per heavy atom. The quantitative estimate of drug-likeness (QED) is 0.161. The SMILES string of the molecule is COc1cc2c(cc1OCCCN(CCO)CCC(F)(F)F)NCN(c1cccc(F)c1)C2=Nc1cc(CC(N)=O)[nH]n1. The minimum atomic E-state index is -4.27. The van der Waals surface area contributed by atoms with Gasteiger partial charge in [0.1, 0.15) is 11.7 Å². The lowest BCUT2D eigenvalue weighted by molar-refractivity contribution is -0.138. The third-order valence-electron chi connectivity index (χ3n) is 6.55. The molecule has 5 N–H and O–H groups in total. The van der Waals surface area contributed by atoms with Crippen molar-refractivity contribution in [2.45, 2.75) is 25.4 Å². The molecule has 0 saturated carbocycles. The van der Waals surface area contributed by atoms with Gasteiger partial charge in [0.15, 0.2) is 17.3 Å². The van der Waals surface area contributed by atoms with Crippen LogP contribution in [0, 0.1) is 5.82 Å². The van der Waals surface area contributed by atoms with Gasteiger partial charge >= 0.3 is 6.18 Å². The molecule has 1 amide bonds. The Balaban J connectivity index is 1.57. The highest BCUT2D eigenvalue weighted by Gasteiger charge is 2.28. The summed E-state index contributed by atoms with van der Waals surface area (Å²) in [6, 6.07) is 11.0. The highest BCUT2D eigenvalue weighted by molar-refractivity contribution is 6.16. The summed E-state index contributed by atoms with van der Waals surface area (Å²) in [5.41, 5.74) is 7.54. The molecule has 3 aromatic rings. The maximum atomic E-state index is 14.2. The normalized spacial score (nSPS) is 14.1. The molecule has 2 aromatic carbocycles. The van der Waals surface area contributed by atoms with Gasteiger partial charge in [0, 0.05) is 48.7 Å². The number of hydrogen-bond acceptors (Lipinski definition) is 8. The maximum Gasteiger partial charge on any atom is 0.390 e. The Morgan fingerprint density at radius 1 is 1.19 bits per heavy atom. The van der Waals surface area contributed by atoms with E-state index in [0.29, 0.717) is 52.9 Å². The second kappa shape index (κ2) is 14.2. The van der Waals surface area contributed by atoms with E-state index in [-0.39, 0.29) is 45.2 Å². The molecule has 232 valence electrons. The second-order valence-corrected chi connectivity index (χ2v) is 9.75. The summed E-state index contributed by atoms with van der Waals surface area (Å²) in [7, 11) is 1.47. The fraction of sp³-hybridized carbons (Fsp3) is 0.393. The maximum absolute atomic E-state index is 14.2.